The second-order valence-electron chi connectivity index (χ2n) is 4.92. The van der Waals surface area contributed by atoms with Crippen molar-refractivity contribution >= 4 is 0 Å². The lowest BCUT2D eigenvalue weighted by Gasteiger charge is -2.45. The lowest BCUT2D eigenvalue weighted by molar-refractivity contribution is -0.341. The van der Waals surface area contributed by atoms with E-state index in [-0.39, 0.29) is 6.61 Å². The Hall–Kier alpha value is -1.42. The molecule has 1 aromatic carbocycles. The highest BCUT2D eigenvalue weighted by Crippen LogP contribution is 2.35. The van der Waals surface area contributed by atoms with Crippen molar-refractivity contribution in [3.8, 4) is 12.3 Å². The molecule has 2 saturated heterocycles. The van der Waals surface area contributed by atoms with Crippen LogP contribution in [0, 0.1) is 18.3 Å². The maximum Gasteiger partial charge on any atom is 0.184 e. The number of aliphatic hydroxyl groups is 2. The summed E-state index contributed by atoms with van der Waals surface area (Å²) in [4.78, 5) is 0. The fraction of sp³-hybridized carbons (Fsp3) is 0.467. The number of benzene rings is 1. The fourth-order valence-electron chi connectivity index (χ4n) is 2.57. The van der Waals surface area contributed by atoms with Crippen molar-refractivity contribution in [1.82, 2.24) is 0 Å². The maximum absolute atomic E-state index is 10.2. The lowest BCUT2D eigenvalue weighted by atomic mass is 9.91. The van der Waals surface area contributed by atoms with Crippen molar-refractivity contribution in [3.05, 3.63) is 35.9 Å². The van der Waals surface area contributed by atoms with Crippen LogP contribution in [0.25, 0.3) is 0 Å². The Morgan fingerprint density at radius 2 is 1.90 bits per heavy atom. The van der Waals surface area contributed by atoms with Crippen molar-refractivity contribution in [1.29, 1.82) is 0 Å². The van der Waals surface area contributed by atoms with Gasteiger partial charge in [-0.3, -0.25) is 0 Å². The third-order valence-electron chi connectivity index (χ3n) is 3.65. The zero-order valence-corrected chi connectivity index (χ0v) is 10.8. The van der Waals surface area contributed by atoms with Gasteiger partial charge in [0.15, 0.2) is 12.6 Å². The second kappa shape index (κ2) is 5.52. The van der Waals surface area contributed by atoms with Gasteiger partial charge >= 0.3 is 0 Å². The van der Waals surface area contributed by atoms with Gasteiger partial charge in [-0.1, -0.05) is 36.3 Å². The average molecular weight is 276 g/mol. The van der Waals surface area contributed by atoms with E-state index in [1.165, 1.54) is 0 Å². The van der Waals surface area contributed by atoms with E-state index in [1.54, 1.807) is 0 Å². The summed E-state index contributed by atoms with van der Waals surface area (Å²) in [5.41, 5.74) is 0.863. The van der Waals surface area contributed by atoms with Gasteiger partial charge in [-0.15, -0.1) is 6.42 Å². The zero-order chi connectivity index (χ0) is 14.1. The molecular formula is C15H16O5. The Morgan fingerprint density at radius 3 is 2.60 bits per heavy atom. The normalized spacial score (nSPS) is 40.6. The van der Waals surface area contributed by atoms with E-state index < -0.39 is 36.8 Å². The molecule has 0 spiro atoms. The summed E-state index contributed by atoms with van der Waals surface area (Å²) in [6.07, 6.45) is 1.43. The summed E-state index contributed by atoms with van der Waals surface area (Å²) >= 11 is 0. The van der Waals surface area contributed by atoms with Crippen LogP contribution in [-0.4, -0.2) is 41.4 Å². The predicted octanol–water partition coefficient (Wildman–Crippen LogP) is 0.428. The number of hydrogen-bond acceptors (Lipinski definition) is 5. The molecule has 1 unspecified atom stereocenters. The van der Waals surface area contributed by atoms with E-state index in [1.807, 2.05) is 30.3 Å². The van der Waals surface area contributed by atoms with Gasteiger partial charge in [0.25, 0.3) is 0 Å². The van der Waals surface area contributed by atoms with Gasteiger partial charge in [-0.25, -0.2) is 0 Å². The van der Waals surface area contributed by atoms with Gasteiger partial charge in [0, 0.05) is 5.56 Å². The first-order valence-electron chi connectivity index (χ1n) is 6.50. The molecule has 2 N–H and O–H groups in total. The first-order chi connectivity index (χ1) is 9.70. The van der Waals surface area contributed by atoms with Crippen molar-refractivity contribution < 1.29 is 24.4 Å². The summed E-state index contributed by atoms with van der Waals surface area (Å²) in [6.45, 7) is 0.232. The second-order valence-corrected chi connectivity index (χ2v) is 4.92. The molecule has 0 bridgehead atoms. The van der Waals surface area contributed by atoms with Crippen LogP contribution < -0.4 is 0 Å². The standard InChI is InChI=1S/C15H16O5/c1-2-10-12(16)13-11(19-14(10)17)8-18-15(20-13)9-6-4-3-5-7-9/h1,3-7,10-17H,8H2/t10-,11+,12-,13+,14+,15?/m0/s1. The zero-order valence-electron chi connectivity index (χ0n) is 10.8. The highest BCUT2D eigenvalue weighted by Gasteiger charge is 2.48. The highest BCUT2D eigenvalue weighted by atomic mass is 16.7. The molecule has 3 rings (SSSR count). The molecule has 6 atom stereocenters. The molecule has 1 aromatic rings. The van der Waals surface area contributed by atoms with Crippen LogP contribution in [-0.2, 0) is 14.2 Å². The van der Waals surface area contributed by atoms with Crippen LogP contribution in [0.5, 0.6) is 0 Å². The van der Waals surface area contributed by atoms with E-state index in [0.717, 1.165) is 5.56 Å². The fourth-order valence-corrected chi connectivity index (χ4v) is 2.57. The highest BCUT2D eigenvalue weighted by molar-refractivity contribution is 5.17. The molecule has 2 fully saturated rings. The molecule has 0 aromatic heterocycles. The number of fused-ring (bicyclic) bond motifs is 1. The van der Waals surface area contributed by atoms with Crippen molar-refractivity contribution in [2.45, 2.75) is 30.9 Å². The van der Waals surface area contributed by atoms with E-state index in [9.17, 15) is 10.2 Å². The smallest absolute Gasteiger partial charge is 0.184 e. The maximum atomic E-state index is 10.2. The van der Waals surface area contributed by atoms with Crippen LogP contribution in [0.1, 0.15) is 11.9 Å². The summed E-state index contributed by atoms with van der Waals surface area (Å²) in [7, 11) is 0. The van der Waals surface area contributed by atoms with Crippen molar-refractivity contribution in [2.24, 2.45) is 5.92 Å². The van der Waals surface area contributed by atoms with Crippen molar-refractivity contribution in [3.63, 3.8) is 0 Å². The number of hydrogen-bond donors (Lipinski definition) is 2. The topological polar surface area (TPSA) is 68.2 Å². The number of rotatable bonds is 1. The Balaban J connectivity index is 1.78. The Bertz CT molecular complexity index is 497. The van der Waals surface area contributed by atoms with E-state index in [4.69, 9.17) is 20.6 Å². The van der Waals surface area contributed by atoms with Gasteiger partial charge in [0.2, 0.25) is 0 Å². The molecule has 0 saturated carbocycles. The predicted molar refractivity (Wildman–Crippen MR) is 69.2 cm³/mol. The largest absolute Gasteiger partial charge is 0.389 e. The summed E-state index contributed by atoms with van der Waals surface area (Å²) < 4.78 is 16.7. The molecule has 5 nitrogen and oxygen atoms in total. The number of terminal acetylenes is 1. The molecule has 2 aliphatic heterocycles. The van der Waals surface area contributed by atoms with Crippen LogP contribution in [0.3, 0.4) is 0 Å². The van der Waals surface area contributed by atoms with E-state index in [0.29, 0.717) is 0 Å². The first-order valence-corrected chi connectivity index (χ1v) is 6.50. The Labute approximate surface area is 117 Å². The third-order valence-corrected chi connectivity index (χ3v) is 3.65. The summed E-state index contributed by atoms with van der Waals surface area (Å²) in [6, 6.07) is 9.44. The van der Waals surface area contributed by atoms with Crippen LogP contribution in [0.15, 0.2) is 30.3 Å². The van der Waals surface area contributed by atoms with Gasteiger partial charge < -0.3 is 24.4 Å². The van der Waals surface area contributed by atoms with Crippen molar-refractivity contribution in [2.75, 3.05) is 6.61 Å². The van der Waals surface area contributed by atoms with E-state index >= 15 is 0 Å². The first kappa shape index (κ1) is 13.6. The molecule has 2 heterocycles. The molecule has 5 heteroatoms. The van der Waals surface area contributed by atoms with Gasteiger partial charge in [-0.2, -0.15) is 0 Å². The average Bonchev–Trinajstić information content (AvgIpc) is 2.48. The lowest BCUT2D eigenvalue weighted by Crippen LogP contribution is -2.58. The minimum atomic E-state index is -1.20. The van der Waals surface area contributed by atoms with Gasteiger partial charge in [0.05, 0.1) is 12.5 Å². The monoisotopic (exact) mass is 276 g/mol. The Kier molecular flexibility index (Phi) is 3.74. The quantitative estimate of drug-likeness (QED) is 0.728. The van der Waals surface area contributed by atoms with Crippen LogP contribution in [0.4, 0.5) is 0 Å². The molecule has 106 valence electrons. The molecular weight excluding hydrogens is 260 g/mol. The number of ether oxygens (including phenoxy) is 3. The third kappa shape index (κ3) is 2.33. The van der Waals surface area contributed by atoms with E-state index in [2.05, 4.69) is 5.92 Å². The van der Waals surface area contributed by atoms with Gasteiger partial charge in [-0.05, 0) is 0 Å². The molecule has 20 heavy (non-hydrogen) atoms. The number of aliphatic hydroxyl groups excluding tert-OH is 2. The molecule has 0 amide bonds. The summed E-state index contributed by atoms with van der Waals surface area (Å²) in [5, 5.41) is 20.0. The molecule has 0 radical (unpaired) electrons. The van der Waals surface area contributed by atoms with Crippen LogP contribution in [0.2, 0.25) is 0 Å². The minimum absolute atomic E-state index is 0.232. The minimum Gasteiger partial charge on any atom is -0.389 e. The molecule has 2 aliphatic rings. The van der Waals surface area contributed by atoms with Gasteiger partial charge in [0.1, 0.15) is 18.3 Å². The molecule has 0 aliphatic carbocycles. The summed E-state index contributed by atoms with van der Waals surface area (Å²) in [5.74, 6) is 1.55. The van der Waals surface area contributed by atoms with Crippen LogP contribution >= 0.6 is 0 Å². The SMILES string of the molecule is C#C[C@H]1[C@H](O)[C@@H]2OC(c3ccccc3)OC[C@H]2O[C@H]1O. The Morgan fingerprint density at radius 1 is 1.15 bits per heavy atom.